The number of hydrogen-bond acceptors (Lipinski definition) is 7. The SMILES string of the molecule is CC(=O)Nc1sc2c(c1C(=O)OCC(=O)Nc1sc3c(c1C(N)=O)CCCC3)CCCC2. The van der Waals surface area contributed by atoms with Crippen LogP contribution in [-0.2, 0) is 40.0 Å². The predicted molar refractivity (Wildman–Crippen MR) is 124 cm³/mol. The Morgan fingerprint density at radius 1 is 0.844 bits per heavy atom. The van der Waals surface area contributed by atoms with E-state index in [0.29, 0.717) is 21.1 Å². The molecule has 32 heavy (non-hydrogen) atoms. The summed E-state index contributed by atoms with van der Waals surface area (Å²) >= 11 is 2.75. The summed E-state index contributed by atoms with van der Waals surface area (Å²) in [4.78, 5) is 51.1. The summed E-state index contributed by atoms with van der Waals surface area (Å²) in [5.74, 6) is -2.01. The van der Waals surface area contributed by atoms with Gasteiger partial charge in [-0.2, -0.15) is 0 Å². The Kier molecular flexibility index (Phi) is 6.61. The third kappa shape index (κ3) is 4.56. The molecule has 0 radical (unpaired) electrons. The number of aryl methyl sites for hydroxylation is 2. The summed E-state index contributed by atoms with van der Waals surface area (Å²) in [6.07, 6.45) is 7.25. The molecule has 0 aromatic carbocycles. The molecule has 0 fully saturated rings. The van der Waals surface area contributed by atoms with E-state index in [-0.39, 0.29) is 5.91 Å². The van der Waals surface area contributed by atoms with Crippen molar-refractivity contribution in [3.8, 4) is 0 Å². The number of fused-ring (bicyclic) bond motifs is 2. The maximum absolute atomic E-state index is 12.9. The molecule has 0 unspecified atom stereocenters. The van der Waals surface area contributed by atoms with Crippen molar-refractivity contribution in [2.45, 2.75) is 58.3 Å². The van der Waals surface area contributed by atoms with Crippen molar-refractivity contribution < 1.29 is 23.9 Å². The zero-order valence-electron chi connectivity index (χ0n) is 17.8. The molecule has 2 aromatic rings. The van der Waals surface area contributed by atoms with Gasteiger partial charge in [0, 0.05) is 16.7 Å². The minimum absolute atomic E-state index is 0.268. The van der Waals surface area contributed by atoms with E-state index in [1.54, 1.807) is 0 Å². The third-order valence-electron chi connectivity index (χ3n) is 5.67. The maximum atomic E-state index is 12.9. The van der Waals surface area contributed by atoms with E-state index in [9.17, 15) is 19.2 Å². The first-order valence-corrected chi connectivity index (χ1v) is 12.3. The van der Waals surface area contributed by atoms with E-state index >= 15 is 0 Å². The Morgan fingerprint density at radius 3 is 1.94 bits per heavy atom. The van der Waals surface area contributed by atoms with E-state index in [2.05, 4.69) is 10.6 Å². The molecule has 3 amide bonds. The van der Waals surface area contributed by atoms with Crippen molar-refractivity contribution in [1.82, 2.24) is 0 Å². The summed E-state index contributed by atoms with van der Waals surface area (Å²) < 4.78 is 5.30. The van der Waals surface area contributed by atoms with Gasteiger partial charge in [0.1, 0.15) is 10.0 Å². The van der Waals surface area contributed by atoms with Gasteiger partial charge in [-0.25, -0.2) is 4.79 Å². The molecule has 4 rings (SSSR count). The number of esters is 1. The molecule has 2 aromatic heterocycles. The van der Waals surface area contributed by atoms with Crippen molar-refractivity contribution in [3.63, 3.8) is 0 Å². The lowest BCUT2D eigenvalue weighted by atomic mass is 9.95. The monoisotopic (exact) mass is 475 g/mol. The highest BCUT2D eigenvalue weighted by Gasteiger charge is 2.28. The smallest absolute Gasteiger partial charge is 0.341 e. The van der Waals surface area contributed by atoms with Crippen LogP contribution in [-0.4, -0.2) is 30.3 Å². The van der Waals surface area contributed by atoms with Gasteiger partial charge in [-0.1, -0.05) is 0 Å². The summed E-state index contributed by atoms with van der Waals surface area (Å²) in [5.41, 5.74) is 8.10. The number of thiophene rings is 2. The number of anilines is 2. The average Bonchev–Trinajstić information content (AvgIpc) is 3.28. The minimum atomic E-state index is -0.635. The van der Waals surface area contributed by atoms with E-state index in [1.165, 1.54) is 29.6 Å². The van der Waals surface area contributed by atoms with Crippen LogP contribution in [0.5, 0.6) is 0 Å². The van der Waals surface area contributed by atoms with Crippen LogP contribution >= 0.6 is 22.7 Å². The highest BCUT2D eigenvalue weighted by Crippen LogP contribution is 2.39. The van der Waals surface area contributed by atoms with Crippen LogP contribution < -0.4 is 16.4 Å². The number of carbonyl (C=O) groups excluding carboxylic acids is 4. The number of nitrogens with two attached hydrogens (primary N) is 1. The van der Waals surface area contributed by atoms with Gasteiger partial charge < -0.3 is 21.1 Å². The normalized spacial score (nSPS) is 14.8. The number of primary amides is 1. The summed E-state index contributed by atoms with van der Waals surface area (Å²) in [5, 5.41) is 6.29. The Hall–Kier alpha value is -2.72. The Balaban J connectivity index is 1.47. The number of amides is 3. The number of hydrogen-bond donors (Lipinski definition) is 3. The van der Waals surface area contributed by atoms with Gasteiger partial charge in [-0.3, -0.25) is 14.4 Å². The first-order chi connectivity index (χ1) is 15.3. The third-order valence-corrected chi connectivity index (χ3v) is 8.08. The van der Waals surface area contributed by atoms with Crippen molar-refractivity contribution in [1.29, 1.82) is 0 Å². The molecule has 8 nitrogen and oxygen atoms in total. The standard InChI is InChI=1S/C22H25N3O5S2/c1-11(26)24-21-18(13-7-3-5-9-15(13)32-21)22(29)30-10-16(27)25-20-17(19(23)28)12-6-2-4-8-14(12)31-20/h2-10H2,1H3,(H2,23,28)(H,24,26)(H,25,27). The molecule has 10 heteroatoms. The molecule has 2 aliphatic rings. The molecular weight excluding hydrogens is 450 g/mol. The van der Waals surface area contributed by atoms with Gasteiger partial charge in [-0.05, 0) is 62.5 Å². The van der Waals surface area contributed by atoms with Crippen LogP contribution in [0, 0.1) is 0 Å². The van der Waals surface area contributed by atoms with Crippen LogP contribution in [0.3, 0.4) is 0 Å². The minimum Gasteiger partial charge on any atom is -0.452 e. The molecule has 0 spiro atoms. The van der Waals surface area contributed by atoms with Crippen molar-refractivity contribution in [2.24, 2.45) is 5.73 Å². The molecule has 0 aliphatic heterocycles. The van der Waals surface area contributed by atoms with Gasteiger partial charge >= 0.3 is 5.97 Å². The van der Waals surface area contributed by atoms with E-state index in [1.807, 2.05) is 0 Å². The molecule has 0 bridgehead atoms. The first-order valence-electron chi connectivity index (χ1n) is 10.7. The van der Waals surface area contributed by atoms with E-state index in [0.717, 1.165) is 72.2 Å². The molecule has 170 valence electrons. The topological polar surface area (TPSA) is 128 Å². The predicted octanol–water partition coefficient (Wildman–Crippen LogP) is 3.42. The molecule has 0 saturated heterocycles. The van der Waals surface area contributed by atoms with Gasteiger partial charge in [0.2, 0.25) is 5.91 Å². The molecule has 0 saturated carbocycles. The lowest BCUT2D eigenvalue weighted by Gasteiger charge is -2.13. The van der Waals surface area contributed by atoms with Crippen LogP contribution in [0.4, 0.5) is 10.0 Å². The van der Waals surface area contributed by atoms with Crippen molar-refractivity contribution in [2.75, 3.05) is 17.2 Å². The highest BCUT2D eigenvalue weighted by atomic mass is 32.1. The van der Waals surface area contributed by atoms with Crippen LogP contribution in [0.1, 0.15) is 74.2 Å². The molecular formula is C22H25N3O5S2. The van der Waals surface area contributed by atoms with E-state index in [4.69, 9.17) is 10.5 Å². The fourth-order valence-corrected chi connectivity index (χ4v) is 6.94. The summed E-state index contributed by atoms with van der Waals surface area (Å²) in [6, 6.07) is 0. The quantitative estimate of drug-likeness (QED) is 0.552. The van der Waals surface area contributed by atoms with Crippen molar-refractivity contribution >= 4 is 56.4 Å². The molecule has 0 atom stereocenters. The van der Waals surface area contributed by atoms with Gasteiger partial charge in [0.15, 0.2) is 6.61 Å². The fourth-order valence-electron chi connectivity index (χ4n) is 4.31. The summed E-state index contributed by atoms with van der Waals surface area (Å²) in [6.45, 7) is 0.891. The fraction of sp³-hybridized carbons (Fsp3) is 0.455. The highest BCUT2D eigenvalue weighted by molar-refractivity contribution is 7.17. The van der Waals surface area contributed by atoms with Crippen LogP contribution in [0.2, 0.25) is 0 Å². The van der Waals surface area contributed by atoms with Crippen LogP contribution in [0.15, 0.2) is 0 Å². The Morgan fingerprint density at radius 2 is 1.38 bits per heavy atom. The van der Waals surface area contributed by atoms with Gasteiger partial charge in [0.05, 0.1) is 11.1 Å². The Bertz CT molecular complexity index is 1100. The van der Waals surface area contributed by atoms with Crippen LogP contribution in [0.25, 0.3) is 0 Å². The lowest BCUT2D eigenvalue weighted by molar-refractivity contribution is -0.119. The average molecular weight is 476 g/mol. The maximum Gasteiger partial charge on any atom is 0.341 e. The lowest BCUT2D eigenvalue weighted by Crippen LogP contribution is -2.23. The zero-order valence-corrected chi connectivity index (χ0v) is 19.4. The number of rotatable bonds is 6. The van der Waals surface area contributed by atoms with Gasteiger partial charge in [0.25, 0.3) is 11.8 Å². The second kappa shape index (κ2) is 9.41. The summed E-state index contributed by atoms with van der Waals surface area (Å²) in [7, 11) is 0. The van der Waals surface area contributed by atoms with E-state index < -0.39 is 24.4 Å². The molecule has 4 N–H and O–H groups in total. The second-order valence-corrected chi connectivity index (χ2v) is 10.2. The number of nitrogens with one attached hydrogen (secondary N) is 2. The second-order valence-electron chi connectivity index (χ2n) is 8.00. The number of carbonyl (C=O) groups is 4. The van der Waals surface area contributed by atoms with Gasteiger partial charge in [-0.15, -0.1) is 22.7 Å². The zero-order chi connectivity index (χ0) is 22.8. The molecule has 2 heterocycles. The number of ether oxygens (including phenoxy) is 1. The first kappa shape index (κ1) is 22.5. The molecule has 2 aliphatic carbocycles. The largest absolute Gasteiger partial charge is 0.452 e. The Labute approximate surface area is 193 Å². The van der Waals surface area contributed by atoms with Crippen molar-refractivity contribution in [3.05, 3.63) is 32.0 Å².